The highest BCUT2D eigenvalue weighted by molar-refractivity contribution is 4.82. The van der Waals surface area contributed by atoms with E-state index in [9.17, 15) is 5.11 Å². The molecule has 0 aromatic heterocycles. The van der Waals surface area contributed by atoms with Crippen molar-refractivity contribution in [2.75, 3.05) is 6.61 Å². The van der Waals surface area contributed by atoms with E-state index < -0.39 is 0 Å². The van der Waals surface area contributed by atoms with E-state index >= 15 is 0 Å². The van der Waals surface area contributed by atoms with Gasteiger partial charge in [0.05, 0.1) is 0 Å². The number of rotatable bonds is 3. The predicted molar refractivity (Wildman–Crippen MR) is 61.2 cm³/mol. The van der Waals surface area contributed by atoms with Crippen LogP contribution < -0.4 is 0 Å². The molecule has 84 valence electrons. The fourth-order valence-electron chi connectivity index (χ4n) is 2.88. The molecular formula is C13H26O. The van der Waals surface area contributed by atoms with E-state index in [-0.39, 0.29) is 5.41 Å². The standard InChI is InChI=1S/C13H26O/c1-12(2)7-5-6-11(8-12)9-13(3,4)10-14/h11,14H,5-10H2,1-4H3. The van der Waals surface area contributed by atoms with Crippen molar-refractivity contribution in [2.24, 2.45) is 16.7 Å². The van der Waals surface area contributed by atoms with Gasteiger partial charge in [0.1, 0.15) is 0 Å². The molecule has 1 atom stereocenters. The Morgan fingerprint density at radius 3 is 2.50 bits per heavy atom. The number of aliphatic hydroxyl groups excluding tert-OH is 1. The third-order valence-corrected chi connectivity index (χ3v) is 3.58. The van der Waals surface area contributed by atoms with Gasteiger partial charge in [0, 0.05) is 6.61 Å². The highest BCUT2D eigenvalue weighted by Gasteiger charge is 2.31. The van der Waals surface area contributed by atoms with Gasteiger partial charge in [-0.05, 0) is 36.0 Å². The van der Waals surface area contributed by atoms with Crippen molar-refractivity contribution in [3.63, 3.8) is 0 Å². The van der Waals surface area contributed by atoms with E-state index in [1.807, 2.05) is 0 Å². The summed E-state index contributed by atoms with van der Waals surface area (Å²) in [4.78, 5) is 0. The summed E-state index contributed by atoms with van der Waals surface area (Å²) < 4.78 is 0. The summed E-state index contributed by atoms with van der Waals surface area (Å²) in [6.45, 7) is 9.43. The summed E-state index contributed by atoms with van der Waals surface area (Å²) in [5.74, 6) is 0.834. The summed E-state index contributed by atoms with van der Waals surface area (Å²) in [5, 5.41) is 9.25. The molecule has 0 bridgehead atoms. The van der Waals surface area contributed by atoms with Crippen LogP contribution in [0, 0.1) is 16.7 Å². The highest BCUT2D eigenvalue weighted by Crippen LogP contribution is 2.42. The van der Waals surface area contributed by atoms with Gasteiger partial charge in [0.2, 0.25) is 0 Å². The molecule has 1 heteroatoms. The van der Waals surface area contributed by atoms with E-state index in [1.54, 1.807) is 0 Å². The second-order valence-corrected chi connectivity index (χ2v) is 6.65. The van der Waals surface area contributed by atoms with Gasteiger partial charge in [-0.15, -0.1) is 0 Å². The molecule has 0 saturated heterocycles. The molecule has 0 radical (unpaired) electrons. The molecule has 0 aliphatic heterocycles. The molecule has 1 aliphatic carbocycles. The van der Waals surface area contributed by atoms with Gasteiger partial charge < -0.3 is 5.11 Å². The Hall–Kier alpha value is -0.0400. The molecule has 0 amide bonds. The molecule has 0 heterocycles. The smallest absolute Gasteiger partial charge is 0.0482 e. The first-order valence-corrected chi connectivity index (χ1v) is 5.96. The minimum atomic E-state index is 0.123. The van der Waals surface area contributed by atoms with Crippen LogP contribution in [-0.2, 0) is 0 Å². The van der Waals surface area contributed by atoms with Crippen LogP contribution in [0.3, 0.4) is 0 Å². The summed E-state index contributed by atoms with van der Waals surface area (Å²) >= 11 is 0. The zero-order chi connectivity index (χ0) is 10.8. The zero-order valence-electron chi connectivity index (χ0n) is 10.3. The van der Waals surface area contributed by atoms with Crippen LogP contribution in [0.15, 0.2) is 0 Å². The predicted octanol–water partition coefficient (Wildman–Crippen LogP) is 3.61. The van der Waals surface area contributed by atoms with Crippen molar-refractivity contribution in [1.29, 1.82) is 0 Å². The largest absolute Gasteiger partial charge is 0.396 e. The maximum Gasteiger partial charge on any atom is 0.0482 e. The Kier molecular flexibility index (Phi) is 3.63. The Morgan fingerprint density at radius 2 is 2.00 bits per heavy atom. The van der Waals surface area contributed by atoms with Crippen molar-refractivity contribution in [2.45, 2.75) is 59.8 Å². The van der Waals surface area contributed by atoms with E-state index in [0.717, 1.165) is 5.92 Å². The maximum absolute atomic E-state index is 9.25. The van der Waals surface area contributed by atoms with Gasteiger partial charge in [-0.1, -0.05) is 40.5 Å². The van der Waals surface area contributed by atoms with Crippen molar-refractivity contribution < 1.29 is 5.11 Å². The Balaban J connectivity index is 2.46. The lowest BCUT2D eigenvalue weighted by Crippen LogP contribution is -2.28. The fraction of sp³-hybridized carbons (Fsp3) is 1.00. The third-order valence-electron chi connectivity index (χ3n) is 3.58. The first kappa shape index (κ1) is 12.0. The molecule has 1 nitrogen and oxygen atoms in total. The van der Waals surface area contributed by atoms with Crippen molar-refractivity contribution >= 4 is 0 Å². The van der Waals surface area contributed by atoms with Crippen molar-refractivity contribution in [3.05, 3.63) is 0 Å². The number of hydrogen-bond donors (Lipinski definition) is 1. The van der Waals surface area contributed by atoms with Gasteiger partial charge in [-0.2, -0.15) is 0 Å². The Labute approximate surface area is 88.9 Å². The quantitative estimate of drug-likeness (QED) is 0.734. The van der Waals surface area contributed by atoms with Gasteiger partial charge in [-0.25, -0.2) is 0 Å². The second kappa shape index (κ2) is 4.22. The minimum absolute atomic E-state index is 0.123. The molecule has 1 fully saturated rings. The molecule has 0 aromatic rings. The molecule has 1 saturated carbocycles. The van der Waals surface area contributed by atoms with Gasteiger partial charge in [-0.3, -0.25) is 0 Å². The maximum atomic E-state index is 9.25. The van der Waals surface area contributed by atoms with Crippen LogP contribution in [0.5, 0.6) is 0 Å². The minimum Gasteiger partial charge on any atom is -0.396 e. The molecule has 0 spiro atoms. The van der Waals surface area contributed by atoms with Gasteiger partial charge in [0.25, 0.3) is 0 Å². The molecule has 0 aromatic carbocycles. The summed E-state index contributed by atoms with van der Waals surface area (Å²) in [6, 6.07) is 0. The highest BCUT2D eigenvalue weighted by atomic mass is 16.3. The summed E-state index contributed by atoms with van der Waals surface area (Å²) in [6.07, 6.45) is 6.65. The normalized spacial score (nSPS) is 27.6. The molecule has 1 unspecified atom stereocenters. The lowest BCUT2D eigenvalue weighted by Gasteiger charge is -2.38. The molecule has 14 heavy (non-hydrogen) atoms. The number of aliphatic hydroxyl groups is 1. The monoisotopic (exact) mass is 198 g/mol. The molecule has 1 rings (SSSR count). The van der Waals surface area contributed by atoms with Gasteiger partial charge in [0.15, 0.2) is 0 Å². The summed E-state index contributed by atoms with van der Waals surface area (Å²) in [5.41, 5.74) is 0.659. The molecule has 1 aliphatic rings. The van der Waals surface area contributed by atoms with E-state index in [1.165, 1.54) is 32.1 Å². The van der Waals surface area contributed by atoms with E-state index in [0.29, 0.717) is 12.0 Å². The molecular weight excluding hydrogens is 172 g/mol. The van der Waals surface area contributed by atoms with Gasteiger partial charge >= 0.3 is 0 Å². The van der Waals surface area contributed by atoms with Crippen LogP contribution in [-0.4, -0.2) is 11.7 Å². The van der Waals surface area contributed by atoms with Crippen LogP contribution in [0.4, 0.5) is 0 Å². The molecule has 1 N–H and O–H groups in total. The van der Waals surface area contributed by atoms with Crippen LogP contribution in [0.25, 0.3) is 0 Å². The number of hydrogen-bond acceptors (Lipinski definition) is 1. The third kappa shape index (κ3) is 3.61. The topological polar surface area (TPSA) is 20.2 Å². The SMILES string of the molecule is CC(C)(CO)CC1CCCC(C)(C)C1. The first-order chi connectivity index (χ1) is 6.35. The Bertz CT molecular complexity index is 182. The van der Waals surface area contributed by atoms with E-state index in [2.05, 4.69) is 27.7 Å². The Morgan fingerprint density at radius 1 is 1.36 bits per heavy atom. The zero-order valence-corrected chi connectivity index (χ0v) is 10.3. The summed E-state index contributed by atoms with van der Waals surface area (Å²) in [7, 11) is 0. The van der Waals surface area contributed by atoms with Crippen molar-refractivity contribution in [3.8, 4) is 0 Å². The van der Waals surface area contributed by atoms with Crippen LogP contribution in [0.1, 0.15) is 59.8 Å². The average molecular weight is 198 g/mol. The van der Waals surface area contributed by atoms with Crippen molar-refractivity contribution in [1.82, 2.24) is 0 Å². The van der Waals surface area contributed by atoms with Crippen LogP contribution in [0.2, 0.25) is 0 Å². The lowest BCUT2D eigenvalue weighted by molar-refractivity contribution is 0.0909. The lowest BCUT2D eigenvalue weighted by atomic mass is 9.68. The van der Waals surface area contributed by atoms with Crippen LogP contribution >= 0.6 is 0 Å². The average Bonchev–Trinajstić information content (AvgIpc) is 2.01. The first-order valence-electron chi connectivity index (χ1n) is 5.96. The second-order valence-electron chi connectivity index (χ2n) is 6.65. The fourth-order valence-corrected chi connectivity index (χ4v) is 2.88. The van der Waals surface area contributed by atoms with E-state index in [4.69, 9.17) is 0 Å².